The first-order valence-electron chi connectivity index (χ1n) is 6.30. The van der Waals surface area contributed by atoms with Crippen molar-refractivity contribution < 1.29 is 4.39 Å². The van der Waals surface area contributed by atoms with Crippen LogP contribution in [-0.2, 0) is 6.42 Å². The molecule has 0 spiro atoms. The van der Waals surface area contributed by atoms with Crippen LogP contribution >= 0.6 is 27.5 Å². The Kier molecular flexibility index (Phi) is 5.41. The van der Waals surface area contributed by atoms with Crippen LogP contribution in [-0.4, -0.2) is 0 Å². The highest BCUT2D eigenvalue weighted by Gasteiger charge is 2.08. The fourth-order valence-corrected chi connectivity index (χ4v) is 2.81. The molecule has 0 aromatic heterocycles. The van der Waals surface area contributed by atoms with Gasteiger partial charge in [-0.05, 0) is 42.5 Å². The van der Waals surface area contributed by atoms with Gasteiger partial charge in [-0.25, -0.2) is 4.39 Å². The van der Waals surface area contributed by atoms with Gasteiger partial charge in [0.05, 0.1) is 0 Å². The van der Waals surface area contributed by atoms with Crippen LogP contribution < -0.4 is 0 Å². The number of alkyl halides is 1. The summed E-state index contributed by atoms with van der Waals surface area (Å²) in [6.07, 6.45) is 2.65. The van der Waals surface area contributed by atoms with Gasteiger partial charge in [-0.15, -0.1) is 0 Å². The first-order valence-corrected chi connectivity index (χ1v) is 7.59. The van der Waals surface area contributed by atoms with Crippen LogP contribution in [0.15, 0.2) is 48.5 Å². The average molecular weight is 342 g/mol. The third kappa shape index (κ3) is 4.32. The van der Waals surface area contributed by atoms with Crippen molar-refractivity contribution in [1.82, 2.24) is 0 Å². The number of rotatable bonds is 5. The molecule has 2 aromatic carbocycles. The highest BCUT2D eigenvalue weighted by atomic mass is 79.9. The average Bonchev–Trinajstić information content (AvgIpc) is 2.42. The highest BCUT2D eigenvalue weighted by Crippen LogP contribution is 2.28. The van der Waals surface area contributed by atoms with E-state index in [1.54, 1.807) is 12.1 Å². The molecule has 0 bridgehead atoms. The van der Waals surface area contributed by atoms with Crippen LogP contribution in [0.2, 0.25) is 5.02 Å². The standard InChI is InChI=1S/C16H15BrClF/c17-15(12-5-2-1-3-6-12)8-4-7-13-9-10-14(18)11-16(13)19/h1-3,5-6,9-11,15H,4,7-8H2. The normalized spacial score (nSPS) is 12.4. The SMILES string of the molecule is Fc1cc(Cl)ccc1CCCC(Br)c1ccccc1. The van der Waals surface area contributed by atoms with E-state index in [4.69, 9.17) is 11.6 Å². The van der Waals surface area contributed by atoms with Gasteiger partial charge in [-0.3, -0.25) is 0 Å². The van der Waals surface area contributed by atoms with E-state index in [-0.39, 0.29) is 5.82 Å². The Labute approximate surface area is 126 Å². The van der Waals surface area contributed by atoms with Gasteiger partial charge in [-0.1, -0.05) is 63.9 Å². The van der Waals surface area contributed by atoms with Crippen molar-refractivity contribution in [2.45, 2.75) is 24.1 Å². The summed E-state index contributed by atoms with van der Waals surface area (Å²) in [5.41, 5.74) is 2.00. The predicted octanol–water partition coefficient (Wildman–Crippen LogP) is 5.94. The summed E-state index contributed by atoms with van der Waals surface area (Å²) < 4.78 is 13.6. The molecule has 0 aliphatic heterocycles. The van der Waals surface area contributed by atoms with Gasteiger partial charge >= 0.3 is 0 Å². The van der Waals surface area contributed by atoms with E-state index in [1.165, 1.54) is 11.6 Å². The van der Waals surface area contributed by atoms with Gasteiger partial charge in [0.15, 0.2) is 0 Å². The summed E-state index contributed by atoms with van der Waals surface area (Å²) >= 11 is 9.41. The van der Waals surface area contributed by atoms with E-state index in [9.17, 15) is 4.39 Å². The van der Waals surface area contributed by atoms with Crippen molar-refractivity contribution in [3.63, 3.8) is 0 Å². The second-order valence-electron chi connectivity index (χ2n) is 4.51. The van der Waals surface area contributed by atoms with Crippen molar-refractivity contribution in [2.75, 3.05) is 0 Å². The van der Waals surface area contributed by atoms with Gasteiger partial charge in [-0.2, -0.15) is 0 Å². The van der Waals surface area contributed by atoms with E-state index in [1.807, 2.05) is 18.2 Å². The Hall–Kier alpha value is -0.860. The molecule has 0 heterocycles. The zero-order valence-electron chi connectivity index (χ0n) is 10.5. The lowest BCUT2D eigenvalue weighted by molar-refractivity contribution is 0.600. The number of hydrogen-bond acceptors (Lipinski definition) is 0. The van der Waals surface area contributed by atoms with Gasteiger partial charge < -0.3 is 0 Å². The van der Waals surface area contributed by atoms with E-state index in [0.717, 1.165) is 24.8 Å². The summed E-state index contributed by atoms with van der Waals surface area (Å²) in [6, 6.07) is 15.1. The summed E-state index contributed by atoms with van der Waals surface area (Å²) in [4.78, 5) is 0.323. The lowest BCUT2D eigenvalue weighted by Crippen LogP contribution is -1.94. The Balaban J connectivity index is 1.86. The predicted molar refractivity (Wildman–Crippen MR) is 82.5 cm³/mol. The van der Waals surface area contributed by atoms with Gasteiger partial charge in [0.2, 0.25) is 0 Å². The molecular formula is C16H15BrClF. The summed E-state index contributed by atoms with van der Waals surface area (Å²) in [7, 11) is 0. The van der Waals surface area contributed by atoms with Crippen molar-refractivity contribution >= 4 is 27.5 Å². The summed E-state index contributed by atoms with van der Waals surface area (Å²) in [5.74, 6) is -0.210. The van der Waals surface area contributed by atoms with Crippen molar-refractivity contribution in [3.05, 3.63) is 70.5 Å². The van der Waals surface area contributed by atoms with E-state index < -0.39 is 0 Å². The second-order valence-corrected chi connectivity index (χ2v) is 6.05. The number of hydrogen-bond donors (Lipinski definition) is 0. The molecule has 19 heavy (non-hydrogen) atoms. The van der Waals surface area contributed by atoms with E-state index >= 15 is 0 Å². The Morgan fingerprint density at radius 3 is 2.53 bits per heavy atom. The van der Waals surface area contributed by atoms with Crippen molar-refractivity contribution in [1.29, 1.82) is 0 Å². The Morgan fingerprint density at radius 2 is 1.84 bits per heavy atom. The maximum Gasteiger partial charge on any atom is 0.127 e. The molecule has 0 N–H and O–H groups in total. The van der Waals surface area contributed by atoms with Gasteiger partial charge in [0.25, 0.3) is 0 Å². The molecule has 1 atom stereocenters. The Bertz CT molecular complexity index is 528. The first-order chi connectivity index (χ1) is 9.16. The lowest BCUT2D eigenvalue weighted by atomic mass is 10.0. The summed E-state index contributed by atoms with van der Waals surface area (Å²) in [6.45, 7) is 0. The molecule has 2 rings (SSSR count). The monoisotopic (exact) mass is 340 g/mol. The minimum atomic E-state index is -0.210. The smallest absolute Gasteiger partial charge is 0.127 e. The van der Waals surface area contributed by atoms with Crippen LogP contribution in [0.3, 0.4) is 0 Å². The molecular weight excluding hydrogens is 327 g/mol. The molecule has 0 fully saturated rings. The first kappa shape index (κ1) is 14.5. The van der Waals surface area contributed by atoms with E-state index in [2.05, 4.69) is 28.1 Å². The molecule has 2 aromatic rings. The number of halogens is 3. The van der Waals surface area contributed by atoms with Crippen LogP contribution in [0.4, 0.5) is 4.39 Å². The minimum Gasteiger partial charge on any atom is -0.207 e. The highest BCUT2D eigenvalue weighted by molar-refractivity contribution is 9.09. The third-order valence-corrected chi connectivity index (χ3v) is 4.30. The largest absolute Gasteiger partial charge is 0.207 e. The fraction of sp³-hybridized carbons (Fsp3) is 0.250. The fourth-order valence-electron chi connectivity index (χ4n) is 2.02. The summed E-state index contributed by atoms with van der Waals surface area (Å²) in [5, 5.41) is 0.448. The molecule has 0 radical (unpaired) electrons. The molecule has 1 unspecified atom stereocenters. The zero-order chi connectivity index (χ0) is 13.7. The molecule has 0 saturated carbocycles. The molecule has 0 aliphatic carbocycles. The second kappa shape index (κ2) is 7.06. The lowest BCUT2D eigenvalue weighted by Gasteiger charge is -2.10. The molecule has 0 amide bonds. The maximum atomic E-state index is 13.6. The Morgan fingerprint density at radius 1 is 1.11 bits per heavy atom. The molecule has 0 saturated heterocycles. The zero-order valence-corrected chi connectivity index (χ0v) is 12.8. The molecule has 0 nitrogen and oxygen atoms in total. The molecule has 3 heteroatoms. The van der Waals surface area contributed by atoms with Crippen LogP contribution in [0.25, 0.3) is 0 Å². The molecule has 0 aliphatic rings. The van der Waals surface area contributed by atoms with Gasteiger partial charge in [0.1, 0.15) is 5.82 Å². The maximum absolute atomic E-state index is 13.6. The molecule has 100 valence electrons. The topological polar surface area (TPSA) is 0 Å². The minimum absolute atomic E-state index is 0.210. The quantitative estimate of drug-likeness (QED) is 0.591. The number of aryl methyl sites for hydroxylation is 1. The van der Waals surface area contributed by atoms with Crippen molar-refractivity contribution in [3.8, 4) is 0 Å². The van der Waals surface area contributed by atoms with Crippen LogP contribution in [0.5, 0.6) is 0 Å². The van der Waals surface area contributed by atoms with E-state index in [0.29, 0.717) is 9.85 Å². The van der Waals surface area contributed by atoms with Crippen LogP contribution in [0.1, 0.15) is 28.8 Å². The third-order valence-electron chi connectivity index (χ3n) is 3.08. The van der Waals surface area contributed by atoms with Gasteiger partial charge in [0, 0.05) is 9.85 Å². The number of benzene rings is 2. The van der Waals surface area contributed by atoms with Crippen molar-refractivity contribution in [2.24, 2.45) is 0 Å². The van der Waals surface area contributed by atoms with Crippen LogP contribution in [0, 0.1) is 5.82 Å².